The van der Waals surface area contributed by atoms with Crippen LogP contribution in [0.3, 0.4) is 0 Å². The van der Waals surface area contributed by atoms with E-state index in [2.05, 4.69) is 20.3 Å². The normalized spacial score (nSPS) is 12.1. The number of rotatable bonds is 9. The quantitative estimate of drug-likeness (QED) is 0.249. The van der Waals surface area contributed by atoms with Crippen molar-refractivity contribution in [1.82, 2.24) is 15.0 Å². The molecular weight excluding hydrogens is 472 g/mol. The lowest BCUT2D eigenvalue weighted by molar-refractivity contribution is -0.123. The van der Waals surface area contributed by atoms with Gasteiger partial charge in [0.1, 0.15) is 29.4 Å². The number of nitrogens with one attached hydrogen (secondary N) is 1. The molecule has 0 radical (unpaired) electrons. The molecule has 182 valence electrons. The first-order valence-electron chi connectivity index (χ1n) is 11.6. The van der Waals surface area contributed by atoms with Gasteiger partial charge in [-0.05, 0) is 60.5 Å². The van der Waals surface area contributed by atoms with E-state index in [0.29, 0.717) is 18.8 Å². The van der Waals surface area contributed by atoms with Crippen LogP contribution in [0, 0.1) is 12.8 Å². The number of carbonyl (C=O) groups excluding carboxylic acids is 1. The molecule has 0 bridgehead atoms. The van der Waals surface area contributed by atoms with E-state index < -0.39 is 0 Å². The highest BCUT2D eigenvalue weighted by Gasteiger charge is 2.15. The number of hydrogen-bond donors (Lipinski definition) is 1. The van der Waals surface area contributed by atoms with Gasteiger partial charge in [-0.1, -0.05) is 13.0 Å². The maximum Gasteiger partial charge on any atom is 0.142 e. The van der Waals surface area contributed by atoms with Crippen LogP contribution in [0.5, 0.6) is 11.5 Å². The molecule has 0 saturated heterocycles. The number of aromatic nitrogens is 3. The molecule has 1 N–H and O–H groups in total. The lowest BCUT2D eigenvalue weighted by Crippen LogP contribution is -2.18. The zero-order chi connectivity index (χ0) is 25.1. The summed E-state index contributed by atoms with van der Waals surface area (Å²) in [6.07, 6.45) is 1.88. The zero-order valence-electron chi connectivity index (χ0n) is 20.3. The van der Waals surface area contributed by atoms with Crippen molar-refractivity contribution in [3.63, 3.8) is 0 Å². The Balaban J connectivity index is 1.36. The van der Waals surface area contributed by atoms with Crippen molar-refractivity contribution < 1.29 is 14.3 Å². The molecule has 0 amide bonds. The number of anilines is 2. The highest BCUT2D eigenvalue weighted by molar-refractivity contribution is 7.16. The summed E-state index contributed by atoms with van der Waals surface area (Å²) in [4.78, 5) is 25.7. The molecule has 8 heteroatoms. The van der Waals surface area contributed by atoms with Crippen LogP contribution >= 0.6 is 11.3 Å². The summed E-state index contributed by atoms with van der Waals surface area (Å²) >= 11 is 1.61. The summed E-state index contributed by atoms with van der Waals surface area (Å²) in [6, 6.07) is 17.7. The lowest BCUT2D eigenvalue weighted by Gasteiger charge is -2.13. The Morgan fingerprint density at radius 3 is 2.75 bits per heavy atom. The number of ketones is 1. The zero-order valence-corrected chi connectivity index (χ0v) is 21.1. The minimum atomic E-state index is -0.151. The van der Waals surface area contributed by atoms with E-state index in [9.17, 15) is 4.79 Å². The molecule has 3 aromatic carbocycles. The highest BCUT2D eigenvalue weighted by Crippen LogP contribution is 2.32. The summed E-state index contributed by atoms with van der Waals surface area (Å²) in [5, 5.41) is 4.26. The smallest absolute Gasteiger partial charge is 0.142 e. The van der Waals surface area contributed by atoms with Gasteiger partial charge >= 0.3 is 0 Å². The van der Waals surface area contributed by atoms with Gasteiger partial charge in [-0.2, -0.15) is 0 Å². The first kappa shape index (κ1) is 23.8. The van der Waals surface area contributed by atoms with Crippen LogP contribution in [0.15, 0.2) is 66.4 Å². The SMILES string of the molecule is COCC(C)C(=O)Cc1ccc2ncnc(Nc3ccc(Oc4ccc5scnc5c4)c(C)c3)c2c1. The number of nitrogens with zero attached hydrogens (tertiary/aromatic N) is 3. The van der Waals surface area contributed by atoms with E-state index in [1.807, 2.05) is 74.0 Å². The molecule has 0 fully saturated rings. The first-order valence-corrected chi connectivity index (χ1v) is 12.5. The third-order valence-corrected chi connectivity index (χ3v) is 6.82. The Morgan fingerprint density at radius 2 is 1.92 bits per heavy atom. The Hall–Kier alpha value is -3.88. The molecule has 5 aromatic rings. The molecule has 1 atom stereocenters. The van der Waals surface area contributed by atoms with Crippen LogP contribution in [0.2, 0.25) is 0 Å². The van der Waals surface area contributed by atoms with E-state index in [0.717, 1.165) is 49.4 Å². The van der Waals surface area contributed by atoms with Crippen molar-refractivity contribution in [2.75, 3.05) is 19.0 Å². The van der Waals surface area contributed by atoms with Gasteiger partial charge in [0.15, 0.2) is 0 Å². The molecule has 0 aliphatic carbocycles. The molecule has 0 spiro atoms. The van der Waals surface area contributed by atoms with Crippen LogP contribution in [0.1, 0.15) is 18.1 Å². The van der Waals surface area contributed by atoms with Crippen molar-refractivity contribution in [3.8, 4) is 11.5 Å². The topological polar surface area (TPSA) is 86.2 Å². The fourth-order valence-electron chi connectivity index (χ4n) is 4.04. The monoisotopic (exact) mass is 498 g/mol. The third kappa shape index (κ3) is 5.19. The number of thiazole rings is 1. The average molecular weight is 499 g/mol. The largest absolute Gasteiger partial charge is 0.457 e. The number of carbonyl (C=O) groups is 1. The Morgan fingerprint density at radius 1 is 1.03 bits per heavy atom. The molecule has 0 saturated carbocycles. The summed E-state index contributed by atoms with van der Waals surface area (Å²) < 4.78 is 12.4. The van der Waals surface area contributed by atoms with E-state index in [1.54, 1.807) is 18.4 Å². The van der Waals surface area contributed by atoms with Crippen molar-refractivity contribution in [2.24, 2.45) is 5.92 Å². The first-order chi connectivity index (χ1) is 17.5. The molecule has 2 aromatic heterocycles. The molecular formula is C28H26N4O3S. The van der Waals surface area contributed by atoms with Crippen LogP contribution < -0.4 is 10.1 Å². The van der Waals surface area contributed by atoms with Gasteiger partial charge in [0.25, 0.3) is 0 Å². The molecule has 5 rings (SSSR count). The molecule has 0 aliphatic rings. The fourth-order valence-corrected chi connectivity index (χ4v) is 4.70. The predicted molar refractivity (Wildman–Crippen MR) is 143 cm³/mol. The van der Waals surface area contributed by atoms with Gasteiger partial charge in [-0.3, -0.25) is 4.79 Å². The summed E-state index contributed by atoms with van der Waals surface area (Å²) in [5.74, 6) is 2.20. The molecule has 7 nitrogen and oxygen atoms in total. The Kier molecular flexibility index (Phi) is 6.88. The molecule has 1 unspecified atom stereocenters. The number of Topliss-reactive ketones (excluding diaryl/α,β-unsaturated/α-hetero) is 1. The predicted octanol–water partition coefficient (Wildman–Crippen LogP) is 6.48. The van der Waals surface area contributed by atoms with E-state index in [1.165, 1.54) is 6.33 Å². The molecule has 0 aliphatic heterocycles. The highest BCUT2D eigenvalue weighted by atomic mass is 32.1. The van der Waals surface area contributed by atoms with Gasteiger partial charge in [0, 0.05) is 36.6 Å². The lowest BCUT2D eigenvalue weighted by atomic mass is 9.99. The van der Waals surface area contributed by atoms with Crippen LogP contribution in [0.4, 0.5) is 11.5 Å². The second-order valence-corrected chi connectivity index (χ2v) is 9.65. The van der Waals surface area contributed by atoms with Crippen molar-refractivity contribution >= 4 is 49.7 Å². The van der Waals surface area contributed by atoms with Gasteiger partial charge in [-0.15, -0.1) is 11.3 Å². The molecule has 2 heterocycles. The van der Waals surface area contributed by atoms with Crippen molar-refractivity contribution in [1.29, 1.82) is 0 Å². The Bertz CT molecular complexity index is 1550. The maximum absolute atomic E-state index is 12.5. The number of hydrogen-bond acceptors (Lipinski definition) is 8. The number of methoxy groups -OCH3 is 1. The summed E-state index contributed by atoms with van der Waals surface area (Å²) in [7, 11) is 1.61. The Labute approximate surface area is 213 Å². The van der Waals surface area contributed by atoms with Crippen LogP contribution in [-0.4, -0.2) is 34.5 Å². The average Bonchev–Trinajstić information content (AvgIpc) is 3.34. The number of fused-ring (bicyclic) bond motifs is 2. The summed E-state index contributed by atoms with van der Waals surface area (Å²) in [6.45, 7) is 4.31. The van der Waals surface area contributed by atoms with Gasteiger partial charge in [0.2, 0.25) is 0 Å². The van der Waals surface area contributed by atoms with Gasteiger partial charge < -0.3 is 14.8 Å². The molecule has 36 heavy (non-hydrogen) atoms. The van der Waals surface area contributed by atoms with Crippen LogP contribution in [0.25, 0.3) is 21.1 Å². The second-order valence-electron chi connectivity index (χ2n) is 8.76. The maximum atomic E-state index is 12.5. The number of aryl methyl sites for hydroxylation is 1. The van der Waals surface area contributed by atoms with E-state index >= 15 is 0 Å². The minimum Gasteiger partial charge on any atom is -0.457 e. The number of benzene rings is 3. The van der Waals surface area contributed by atoms with Gasteiger partial charge in [0.05, 0.1) is 27.9 Å². The van der Waals surface area contributed by atoms with E-state index in [4.69, 9.17) is 9.47 Å². The standard InChI is InChI=1S/C28H26N4O3S/c1-17-10-20(5-8-26(17)35-21-6-9-27-24(13-21)31-16-36-27)32-28-22-11-19(4-7-23(22)29-15-30-28)12-25(33)18(2)14-34-3/h4-11,13,15-16,18H,12,14H2,1-3H3,(H,29,30,32). The van der Waals surface area contributed by atoms with Crippen molar-refractivity contribution in [3.05, 3.63) is 77.6 Å². The van der Waals surface area contributed by atoms with Crippen molar-refractivity contribution in [2.45, 2.75) is 20.3 Å². The summed E-state index contributed by atoms with van der Waals surface area (Å²) in [5.41, 5.74) is 6.35. The second kappa shape index (κ2) is 10.4. The van der Waals surface area contributed by atoms with Crippen LogP contribution in [-0.2, 0) is 16.0 Å². The number of ether oxygens (including phenoxy) is 2. The van der Waals surface area contributed by atoms with Gasteiger partial charge in [-0.25, -0.2) is 15.0 Å². The third-order valence-electron chi connectivity index (χ3n) is 6.01. The minimum absolute atomic E-state index is 0.141. The fraction of sp³-hybridized carbons (Fsp3) is 0.214. The van der Waals surface area contributed by atoms with E-state index in [-0.39, 0.29) is 11.7 Å².